The van der Waals surface area contributed by atoms with E-state index in [0.29, 0.717) is 16.8 Å². The summed E-state index contributed by atoms with van der Waals surface area (Å²) in [5.41, 5.74) is 3.19. The van der Waals surface area contributed by atoms with Crippen molar-refractivity contribution in [3.05, 3.63) is 45.7 Å². The number of hydrogen-bond donors (Lipinski definition) is 5. The molecule has 6 N–H and O–H groups in total. The van der Waals surface area contributed by atoms with E-state index in [1.807, 2.05) is 0 Å². The molecule has 0 saturated heterocycles. The van der Waals surface area contributed by atoms with E-state index < -0.39 is 58.0 Å². The number of primary amides is 1. The highest BCUT2D eigenvalue weighted by molar-refractivity contribution is 6.24. The van der Waals surface area contributed by atoms with Crippen LogP contribution in [0.2, 0.25) is 0 Å². The van der Waals surface area contributed by atoms with Crippen molar-refractivity contribution < 1.29 is 39.6 Å². The number of ketones is 2. The van der Waals surface area contributed by atoms with Gasteiger partial charge in [0.05, 0.1) is 17.3 Å². The zero-order valence-electron chi connectivity index (χ0n) is 19.7. The van der Waals surface area contributed by atoms with Crippen molar-refractivity contribution in [3.63, 3.8) is 0 Å². The van der Waals surface area contributed by atoms with Gasteiger partial charge < -0.3 is 31.0 Å². The number of carbonyl (C=O) groups is 3. The number of aromatic hydroxyl groups is 1. The molecule has 0 unspecified atom stereocenters. The number of aliphatic hydroxyl groups excluding tert-OH is 2. The zero-order valence-corrected chi connectivity index (χ0v) is 19.7. The molecule has 1 aromatic rings. The maximum absolute atomic E-state index is 13.8. The molecule has 4 rings (SSSR count). The Balaban J connectivity index is 1.98. The van der Waals surface area contributed by atoms with Crippen molar-refractivity contribution in [2.24, 2.45) is 22.7 Å². The van der Waals surface area contributed by atoms with E-state index in [1.54, 1.807) is 27.1 Å². The molecule has 186 valence electrons. The van der Waals surface area contributed by atoms with Crippen molar-refractivity contribution in [1.29, 1.82) is 0 Å². The molecule has 1 saturated carbocycles. The molecule has 1 fully saturated rings. The van der Waals surface area contributed by atoms with Gasteiger partial charge in [-0.3, -0.25) is 19.3 Å². The lowest BCUT2D eigenvalue weighted by atomic mass is 9.57. The van der Waals surface area contributed by atoms with Crippen LogP contribution in [0.1, 0.15) is 30.0 Å². The monoisotopic (exact) mass is 485 g/mol. The van der Waals surface area contributed by atoms with Gasteiger partial charge in [-0.25, -0.2) is 0 Å². The molecule has 4 atom stereocenters. The van der Waals surface area contributed by atoms with E-state index in [0.717, 1.165) is 0 Å². The standard InChI is InChI=1S/C24H27N3O8/c1-9(26-35-4)11-5-6-14(28)16-12(11)7-10-8-13-18(27(2)3)20(30)17(23(25)33)22(32)24(13,34)21(31)15(10)19(16)29/h5-6,10,13,18,28-29,32,34H,7-8H2,1-4H3,(H2,25,33)/b26-9+/t10-,13-,18-,24-/m0/s1. The Morgan fingerprint density at radius 3 is 2.46 bits per heavy atom. The fourth-order valence-electron chi connectivity index (χ4n) is 5.77. The van der Waals surface area contributed by atoms with Crippen LogP contribution in [0.4, 0.5) is 0 Å². The molecule has 35 heavy (non-hydrogen) atoms. The molecule has 11 nitrogen and oxygen atoms in total. The fraction of sp³-hybridized carbons (Fsp3) is 0.417. The van der Waals surface area contributed by atoms with E-state index in [1.165, 1.54) is 18.1 Å². The molecule has 0 spiro atoms. The van der Waals surface area contributed by atoms with Crippen molar-refractivity contribution in [3.8, 4) is 5.75 Å². The lowest BCUT2D eigenvalue weighted by Crippen LogP contribution is -2.65. The topological polar surface area (TPSA) is 183 Å². The number of carbonyl (C=O) groups excluding carboxylic acids is 3. The fourth-order valence-corrected chi connectivity index (χ4v) is 5.77. The minimum absolute atomic E-state index is 0.00411. The van der Waals surface area contributed by atoms with Crippen LogP contribution in [0.15, 0.2) is 34.2 Å². The number of benzene rings is 1. The van der Waals surface area contributed by atoms with Crippen molar-refractivity contribution in [2.75, 3.05) is 21.2 Å². The second-order valence-corrected chi connectivity index (χ2v) is 9.31. The summed E-state index contributed by atoms with van der Waals surface area (Å²) in [6, 6.07) is 1.83. The number of hydrogen-bond acceptors (Lipinski definition) is 10. The maximum atomic E-state index is 13.8. The Morgan fingerprint density at radius 2 is 1.89 bits per heavy atom. The predicted octanol–water partition coefficient (Wildman–Crippen LogP) is 0.334. The summed E-state index contributed by atoms with van der Waals surface area (Å²) in [6.45, 7) is 1.69. The summed E-state index contributed by atoms with van der Waals surface area (Å²) in [5.74, 6) is -6.86. The number of likely N-dealkylation sites (N-methyl/N-ethyl adjacent to an activating group) is 1. The Bertz CT molecular complexity index is 1260. The normalized spacial score (nSPS) is 28.6. The van der Waals surface area contributed by atoms with Gasteiger partial charge in [0, 0.05) is 17.1 Å². The Hall–Kier alpha value is -3.70. The second kappa shape index (κ2) is 8.21. The number of rotatable bonds is 4. The number of phenolic OH excluding ortho intramolecular Hbond substituents is 1. The number of oxime groups is 1. The van der Waals surface area contributed by atoms with Crippen LogP contribution >= 0.6 is 0 Å². The molecule has 0 bridgehead atoms. The molecular formula is C24H27N3O8. The molecule has 1 aromatic carbocycles. The van der Waals surface area contributed by atoms with Gasteiger partial charge >= 0.3 is 0 Å². The second-order valence-electron chi connectivity index (χ2n) is 9.31. The van der Waals surface area contributed by atoms with E-state index in [2.05, 4.69) is 5.16 Å². The van der Waals surface area contributed by atoms with Crippen LogP contribution in [0.3, 0.4) is 0 Å². The van der Waals surface area contributed by atoms with Crippen molar-refractivity contribution in [2.45, 2.75) is 31.4 Å². The largest absolute Gasteiger partial charge is 0.508 e. The zero-order chi connectivity index (χ0) is 26.0. The van der Waals surface area contributed by atoms with E-state index in [-0.39, 0.29) is 29.7 Å². The van der Waals surface area contributed by atoms with Crippen LogP contribution in [0, 0.1) is 11.8 Å². The van der Waals surface area contributed by atoms with Crippen LogP contribution in [-0.4, -0.2) is 81.4 Å². The van der Waals surface area contributed by atoms with Gasteiger partial charge in [0.1, 0.15) is 30.0 Å². The van der Waals surface area contributed by atoms with Crippen molar-refractivity contribution in [1.82, 2.24) is 4.90 Å². The first-order valence-electron chi connectivity index (χ1n) is 11.0. The first kappa shape index (κ1) is 24.4. The molecule has 0 aromatic heterocycles. The quantitative estimate of drug-likeness (QED) is 0.228. The summed E-state index contributed by atoms with van der Waals surface area (Å²) < 4.78 is 0. The molecule has 11 heteroatoms. The number of Topliss-reactive ketones (excluding diaryl/α,β-unsaturated/α-hetero) is 2. The SMILES string of the molecule is CO/N=C(\C)c1ccc(O)c2c1C[C@H]1C[C@H]3[C@H](N(C)C)C(=O)C(C(N)=O)=C(O)[C@@]3(O)C(=O)C1=C2O. The van der Waals surface area contributed by atoms with Gasteiger partial charge in [-0.05, 0) is 57.5 Å². The summed E-state index contributed by atoms with van der Waals surface area (Å²) in [5, 5.41) is 48.1. The van der Waals surface area contributed by atoms with Crippen molar-refractivity contribution >= 4 is 28.9 Å². The Labute approximate surface area is 200 Å². The minimum atomic E-state index is -2.66. The number of nitrogens with zero attached hydrogens (tertiary/aromatic N) is 2. The van der Waals surface area contributed by atoms with E-state index in [4.69, 9.17) is 10.6 Å². The number of fused-ring (bicyclic) bond motifs is 3. The Kier molecular flexibility index (Phi) is 5.73. The number of phenols is 1. The van der Waals surface area contributed by atoms with Gasteiger partial charge in [-0.1, -0.05) is 5.16 Å². The van der Waals surface area contributed by atoms with Gasteiger partial charge in [0.2, 0.25) is 5.78 Å². The molecule has 0 heterocycles. The van der Waals surface area contributed by atoms with Crippen LogP contribution in [0.5, 0.6) is 5.75 Å². The highest BCUT2D eigenvalue weighted by Crippen LogP contribution is 2.52. The minimum Gasteiger partial charge on any atom is -0.508 e. The Morgan fingerprint density at radius 1 is 1.23 bits per heavy atom. The van der Waals surface area contributed by atoms with Crippen LogP contribution in [-0.2, 0) is 25.6 Å². The van der Waals surface area contributed by atoms with Gasteiger partial charge in [0.25, 0.3) is 5.91 Å². The number of aliphatic hydroxyl groups is 3. The third-order valence-corrected chi connectivity index (χ3v) is 7.22. The average Bonchev–Trinajstić information content (AvgIpc) is 2.76. The highest BCUT2D eigenvalue weighted by Gasteiger charge is 2.64. The van der Waals surface area contributed by atoms with Crippen LogP contribution < -0.4 is 5.73 Å². The number of nitrogens with two attached hydrogens (primary N) is 1. The molecule has 0 radical (unpaired) electrons. The third-order valence-electron chi connectivity index (χ3n) is 7.22. The molecular weight excluding hydrogens is 458 g/mol. The molecule has 3 aliphatic carbocycles. The molecule has 3 aliphatic rings. The average molecular weight is 485 g/mol. The van der Waals surface area contributed by atoms with Gasteiger partial charge in [0.15, 0.2) is 11.4 Å². The lowest BCUT2D eigenvalue weighted by Gasteiger charge is -2.50. The van der Waals surface area contributed by atoms with E-state index in [9.17, 15) is 34.8 Å². The van der Waals surface area contributed by atoms with Crippen LogP contribution in [0.25, 0.3) is 5.76 Å². The summed E-state index contributed by atoms with van der Waals surface area (Å²) in [7, 11) is 4.48. The smallest absolute Gasteiger partial charge is 0.255 e. The maximum Gasteiger partial charge on any atom is 0.255 e. The first-order chi connectivity index (χ1) is 16.4. The third kappa shape index (κ3) is 3.26. The number of amides is 1. The summed E-state index contributed by atoms with van der Waals surface area (Å²) in [4.78, 5) is 45.2. The highest BCUT2D eigenvalue weighted by atomic mass is 16.6. The van der Waals surface area contributed by atoms with Gasteiger partial charge in [-0.15, -0.1) is 0 Å². The summed E-state index contributed by atoms with van der Waals surface area (Å²) >= 11 is 0. The van der Waals surface area contributed by atoms with E-state index >= 15 is 0 Å². The molecule has 1 amide bonds. The van der Waals surface area contributed by atoms with Gasteiger partial charge in [-0.2, -0.15) is 0 Å². The predicted molar refractivity (Wildman–Crippen MR) is 123 cm³/mol. The summed E-state index contributed by atoms with van der Waals surface area (Å²) in [6.07, 6.45) is 0.191. The molecule has 0 aliphatic heterocycles. The first-order valence-corrected chi connectivity index (χ1v) is 11.0. The lowest BCUT2D eigenvalue weighted by molar-refractivity contribution is -0.153.